The second kappa shape index (κ2) is 7.60. The average molecular weight is 246 g/mol. The Hall–Kier alpha value is -0.650. The van der Waals surface area contributed by atoms with E-state index in [1.165, 1.54) is 0 Å². The fraction of sp³-hybridized carbons (Fsp3) is 0.455. The maximum atomic E-state index is 9.80. The van der Waals surface area contributed by atoms with Crippen molar-refractivity contribution in [2.45, 2.75) is 6.10 Å². The number of aliphatic hydroxyl groups is 1. The molecule has 0 aromatic heterocycles. The normalized spacial score (nSPS) is 12.7. The highest BCUT2D eigenvalue weighted by Gasteiger charge is 2.10. The van der Waals surface area contributed by atoms with Gasteiger partial charge in [0.15, 0.2) is 0 Å². The van der Waals surface area contributed by atoms with Crippen LogP contribution in [-0.2, 0) is 9.57 Å². The van der Waals surface area contributed by atoms with Gasteiger partial charge in [-0.05, 0) is 6.07 Å². The van der Waals surface area contributed by atoms with Crippen LogP contribution in [-0.4, -0.2) is 32.0 Å². The summed E-state index contributed by atoms with van der Waals surface area (Å²) in [6.45, 7) is 1.23. The highest BCUT2D eigenvalue weighted by molar-refractivity contribution is 6.31. The van der Waals surface area contributed by atoms with Crippen LogP contribution >= 0.6 is 11.6 Å². The van der Waals surface area contributed by atoms with Gasteiger partial charge in [-0.3, -0.25) is 4.84 Å². The Morgan fingerprint density at radius 2 is 2.12 bits per heavy atom. The van der Waals surface area contributed by atoms with Crippen LogP contribution in [0, 0.1) is 0 Å². The minimum Gasteiger partial charge on any atom is -0.387 e. The summed E-state index contributed by atoms with van der Waals surface area (Å²) >= 11 is 5.93. The number of benzene rings is 1. The molecular weight excluding hydrogens is 230 g/mol. The Balaban J connectivity index is 2.30. The number of hydrogen-bond donors (Lipinski definition) is 2. The Kier molecular flexibility index (Phi) is 6.37. The highest BCUT2D eigenvalue weighted by atomic mass is 35.5. The van der Waals surface area contributed by atoms with E-state index in [0.717, 1.165) is 0 Å². The van der Waals surface area contributed by atoms with Crippen molar-refractivity contribution in [2.75, 3.05) is 26.9 Å². The van der Waals surface area contributed by atoms with Gasteiger partial charge in [-0.2, -0.15) is 5.48 Å². The first-order valence-electron chi connectivity index (χ1n) is 5.01. The summed E-state index contributed by atoms with van der Waals surface area (Å²) in [6.07, 6.45) is -0.684. The quantitative estimate of drug-likeness (QED) is 0.565. The molecule has 0 aliphatic heterocycles. The summed E-state index contributed by atoms with van der Waals surface area (Å²) in [4.78, 5) is 5.03. The number of methoxy groups -OCH3 is 1. The number of aliphatic hydroxyl groups excluding tert-OH is 1. The minimum atomic E-state index is -0.684. The van der Waals surface area contributed by atoms with Gasteiger partial charge in [-0.15, -0.1) is 0 Å². The molecule has 4 nitrogen and oxygen atoms in total. The number of halogens is 1. The van der Waals surface area contributed by atoms with E-state index in [9.17, 15) is 5.11 Å². The zero-order valence-corrected chi connectivity index (χ0v) is 9.91. The first-order chi connectivity index (χ1) is 7.75. The average Bonchev–Trinajstić information content (AvgIpc) is 2.29. The summed E-state index contributed by atoms with van der Waals surface area (Å²) < 4.78 is 4.80. The van der Waals surface area contributed by atoms with Crippen LogP contribution in [0.15, 0.2) is 24.3 Å². The first-order valence-corrected chi connectivity index (χ1v) is 5.39. The third-order valence-electron chi connectivity index (χ3n) is 2.03. The Labute approximate surface area is 100 Å². The summed E-state index contributed by atoms with van der Waals surface area (Å²) in [6, 6.07) is 7.17. The van der Waals surface area contributed by atoms with Crippen LogP contribution in [0.1, 0.15) is 11.7 Å². The van der Waals surface area contributed by atoms with Crippen LogP contribution < -0.4 is 5.48 Å². The fourth-order valence-electron chi connectivity index (χ4n) is 1.19. The summed E-state index contributed by atoms with van der Waals surface area (Å²) in [5.74, 6) is 0. The molecule has 0 radical (unpaired) electrons. The van der Waals surface area contributed by atoms with Crippen molar-refractivity contribution < 1.29 is 14.7 Å². The van der Waals surface area contributed by atoms with Gasteiger partial charge in [-0.25, -0.2) is 0 Å². The van der Waals surface area contributed by atoms with E-state index < -0.39 is 6.10 Å². The van der Waals surface area contributed by atoms with Crippen LogP contribution in [0.4, 0.5) is 0 Å². The van der Waals surface area contributed by atoms with E-state index >= 15 is 0 Å². The fourth-order valence-corrected chi connectivity index (χ4v) is 1.45. The molecule has 16 heavy (non-hydrogen) atoms. The van der Waals surface area contributed by atoms with E-state index in [1.54, 1.807) is 19.2 Å². The van der Waals surface area contributed by atoms with Gasteiger partial charge < -0.3 is 9.84 Å². The van der Waals surface area contributed by atoms with Gasteiger partial charge in [0.1, 0.15) is 0 Å². The molecule has 1 aromatic carbocycles. The molecule has 0 amide bonds. The van der Waals surface area contributed by atoms with Crippen LogP contribution in [0.3, 0.4) is 0 Å². The van der Waals surface area contributed by atoms with Gasteiger partial charge in [0, 0.05) is 17.7 Å². The van der Waals surface area contributed by atoms with E-state index in [2.05, 4.69) is 5.48 Å². The molecule has 5 heteroatoms. The van der Waals surface area contributed by atoms with Crippen molar-refractivity contribution in [3.8, 4) is 0 Å². The summed E-state index contributed by atoms with van der Waals surface area (Å²) in [7, 11) is 1.60. The molecule has 0 heterocycles. The highest BCUT2D eigenvalue weighted by Crippen LogP contribution is 2.21. The maximum Gasteiger partial charge on any atom is 0.0951 e. The van der Waals surface area contributed by atoms with E-state index in [0.29, 0.717) is 23.8 Å². The molecule has 1 rings (SSSR count). The number of rotatable bonds is 7. The lowest BCUT2D eigenvalue weighted by atomic mass is 10.1. The van der Waals surface area contributed by atoms with Crippen LogP contribution in [0.2, 0.25) is 5.02 Å². The maximum absolute atomic E-state index is 9.80. The van der Waals surface area contributed by atoms with Gasteiger partial charge in [-0.1, -0.05) is 29.8 Å². The molecule has 0 spiro atoms. The second-order valence-electron chi connectivity index (χ2n) is 3.23. The third-order valence-corrected chi connectivity index (χ3v) is 2.38. The third kappa shape index (κ3) is 4.47. The summed E-state index contributed by atoms with van der Waals surface area (Å²) in [5.41, 5.74) is 3.34. The molecule has 0 saturated carbocycles. The van der Waals surface area contributed by atoms with Crippen LogP contribution in [0.25, 0.3) is 0 Å². The van der Waals surface area contributed by atoms with Crippen molar-refractivity contribution in [2.24, 2.45) is 0 Å². The zero-order valence-electron chi connectivity index (χ0n) is 9.15. The van der Waals surface area contributed by atoms with Crippen molar-refractivity contribution in [3.05, 3.63) is 34.9 Å². The minimum absolute atomic E-state index is 0.285. The van der Waals surface area contributed by atoms with E-state index in [1.807, 2.05) is 12.1 Å². The van der Waals surface area contributed by atoms with Crippen molar-refractivity contribution >= 4 is 11.6 Å². The molecule has 0 aliphatic carbocycles. The molecule has 1 unspecified atom stereocenters. The number of nitrogens with one attached hydrogen (secondary N) is 1. The van der Waals surface area contributed by atoms with Gasteiger partial charge >= 0.3 is 0 Å². The second-order valence-corrected chi connectivity index (χ2v) is 3.63. The van der Waals surface area contributed by atoms with Crippen molar-refractivity contribution in [1.82, 2.24) is 5.48 Å². The van der Waals surface area contributed by atoms with Crippen molar-refractivity contribution in [3.63, 3.8) is 0 Å². The molecule has 2 N–H and O–H groups in total. The van der Waals surface area contributed by atoms with Gasteiger partial charge in [0.05, 0.1) is 25.9 Å². The largest absolute Gasteiger partial charge is 0.387 e. The molecular formula is C11H16ClNO3. The predicted octanol–water partition coefficient (Wildman–Crippen LogP) is 1.54. The Bertz CT molecular complexity index is 309. The molecule has 0 fully saturated rings. The lowest BCUT2D eigenvalue weighted by Crippen LogP contribution is -2.23. The SMILES string of the molecule is COCCONCC(O)c1ccccc1Cl. The molecule has 1 aromatic rings. The molecule has 0 aliphatic rings. The predicted molar refractivity (Wildman–Crippen MR) is 62.2 cm³/mol. The van der Waals surface area contributed by atoms with E-state index in [4.69, 9.17) is 21.2 Å². The lowest BCUT2D eigenvalue weighted by Gasteiger charge is -2.13. The first kappa shape index (κ1) is 13.4. The molecule has 0 saturated heterocycles. The standard InChI is InChI=1S/C11H16ClNO3/c1-15-6-7-16-13-8-11(14)9-4-2-3-5-10(9)12/h2-5,11,13-14H,6-8H2,1H3. The number of ether oxygens (including phenoxy) is 1. The number of hydrogen-bond acceptors (Lipinski definition) is 4. The van der Waals surface area contributed by atoms with Gasteiger partial charge in [0.25, 0.3) is 0 Å². The summed E-state index contributed by atoms with van der Waals surface area (Å²) in [5, 5.41) is 10.3. The van der Waals surface area contributed by atoms with Crippen LogP contribution in [0.5, 0.6) is 0 Å². The lowest BCUT2D eigenvalue weighted by molar-refractivity contribution is -0.0112. The molecule has 1 atom stereocenters. The monoisotopic (exact) mass is 245 g/mol. The smallest absolute Gasteiger partial charge is 0.0951 e. The van der Waals surface area contributed by atoms with E-state index in [-0.39, 0.29) is 6.54 Å². The molecule has 0 bridgehead atoms. The Morgan fingerprint density at radius 3 is 2.81 bits per heavy atom. The topological polar surface area (TPSA) is 50.7 Å². The zero-order chi connectivity index (χ0) is 11.8. The molecule has 90 valence electrons. The Morgan fingerprint density at radius 1 is 1.38 bits per heavy atom. The van der Waals surface area contributed by atoms with Crippen molar-refractivity contribution in [1.29, 1.82) is 0 Å². The van der Waals surface area contributed by atoms with Gasteiger partial charge in [0.2, 0.25) is 0 Å². The number of hydroxylamine groups is 1.